The molecule has 0 saturated carbocycles. The van der Waals surface area contributed by atoms with Gasteiger partial charge >= 0.3 is 0 Å². The van der Waals surface area contributed by atoms with Crippen LogP contribution in [-0.2, 0) is 42.7 Å². The third kappa shape index (κ3) is 11.0. The van der Waals surface area contributed by atoms with E-state index >= 15 is 0 Å². The molecule has 0 unspecified atom stereocenters. The molecule has 0 amide bonds. The molecular weight excluding hydrogens is 1120 g/mol. The number of fused-ring (bicyclic) bond motifs is 3. The van der Waals surface area contributed by atoms with Crippen molar-refractivity contribution >= 4 is 38.9 Å². The number of anilines is 2. The van der Waals surface area contributed by atoms with E-state index in [1.807, 2.05) is 6.20 Å². The van der Waals surface area contributed by atoms with Crippen LogP contribution in [0.15, 0.2) is 164 Å². The van der Waals surface area contributed by atoms with Crippen molar-refractivity contribution in [2.45, 2.75) is 137 Å². The number of hydrogen-bond donors (Lipinski definition) is 0. The number of benzene rings is 7. The zero-order valence-electron chi connectivity index (χ0n) is 47.8. The Hall–Kier alpha value is -6.68. The summed E-state index contributed by atoms with van der Waals surface area (Å²) in [5.74, 6) is 2.59. The molecule has 0 fully saturated rings. The quantitative estimate of drug-likeness (QED) is 0.121. The van der Waals surface area contributed by atoms with Gasteiger partial charge in [-0.05, 0) is 115 Å². The molecule has 2 aromatic heterocycles. The molecule has 1 aliphatic rings. The van der Waals surface area contributed by atoms with E-state index in [1.165, 1.54) is 44.5 Å². The predicted octanol–water partition coefficient (Wildman–Crippen LogP) is 19.1. The van der Waals surface area contributed by atoms with Crippen LogP contribution in [0.1, 0.15) is 160 Å². The molecule has 0 atom stereocenters. The minimum absolute atomic E-state index is 0. The first-order valence-corrected chi connectivity index (χ1v) is 27.2. The maximum atomic E-state index is 7.10. The SMILES string of the molecule is CC(C)c1cccc(C(C)C)c1C1=CN(c2cc(C(C)(C)C)cc(C(C)(C)c3ccccc3)c2)[CH-]N1c1[c-]c(Oc2[c-]c3c(cc2)c2cc(C(C)(C)C)ccc2n3-c2cc(C(C)(C)C)ccn2)cc(-c2ccccc2)c1.[Pt]. The second-order valence-electron chi connectivity index (χ2n) is 25.2. The molecule has 0 bridgehead atoms. The summed E-state index contributed by atoms with van der Waals surface area (Å²) >= 11 is 0. The Bertz CT molecular complexity index is 3610. The molecule has 6 heteroatoms. The molecule has 77 heavy (non-hydrogen) atoms. The van der Waals surface area contributed by atoms with Crippen LogP contribution in [-0.4, -0.2) is 9.55 Å². The van der Waals surface area contributed by atoms with Gasteiger partial charge < -0.3 is 19.1 Å². The predicted molar refractivity (Wildman–Crippen MR) is 321 cm³/mol. The van der Waals surface area contributed by atoms with Crippen molar-refractivity contribution in [2.75, 3.05) is 9.80 Å². The number of rotatable bonds is 11. The fourth-order valence-corrected chi connectivity index (χ4v) is 10.7. The van der Waals surface area contributed by atoms with Crippen LogP contribution in [0.25, 0.3) is 44.4 Å². The molecule has 0 aliphatic carbocycles. The van der Waals surface area contributed by atoms with E-state index < -0.39 is 0 Å². The van der Waals surface area contributed by atoms with E-state index in [4.69, 9.17) is 9.72 Å². The molecule has 5 nitrogen and oxygen atoms in total. The van der Waals surface area contributed by atoms with Crippen molar-refractivity contribution < 1.29 is 25.8 Å². The summed E-state index contributed by atoms with van der Waals surface area (Å²) in [6.07, 6.45) is 4.27. The normalized spacial score (nSPS) is 13.5. The minimum atomic E-state index is -0.251. The topological polar surface area (TPSA) is 33.5 Å². The zero-order chi connectivity index (χ0) is 54.1. The van der Waals surface area contributed by atoms with Crippen LogP contribution in [0.4, 0.5) is 11.4 Å². The van der Waals surface area contributed by atoms with Crippen LogP contribution < -0.4 is 14.5 Å². The third-order valence-corrected chi connectivity index (χ3v) is 15.5. The molecule has 398 valence electrons. The van der Waals surface area contributed by atoms with Gasteiger partial charge in [-0.15, -0.1) is 53.6 Å². The van der Waals surface area contributed by atoms with Crippen molar-refractivity contribution in [2.24, 2.45) is 0 Å². The Balaban J connectivity index is 0.00000722. The molecule has 3 heterocycles. The van der Waals surface area contributed by atoms with Gasteiger partial charge in [-0.25, -0.2) is 4.98 Å². The van der Waals surface area contributed by atoms with Gasteiger partial charge in [-0.1, -0.05) is 206 Å². The maximum Gasteiger partial charge on any atom is 0.135 e. The summed E-state index contributed by atoms with van der Waals surface area (Å²) in [6.45, 7) is 36.6. The van der Waals surface area contributed by atoms with Gasteiger partial charge in [0, 0.05) is 66.6 Å². The Morgan fingerprint density at radius 1 is 0.519 bits per heavy atom. The fraction of sp³-hybridized carbons (Fsp3) is 0.296. The standard InChI is InChI=1S/C71H75N4O.Pt/c1-46(2)59-27-22-28-60(47(3)4)67(59)65-44-73(55-38-53(70(11,12)13)37-54(39-55)71(14,15)50-25-20-17-21-26-50)45-74(65)56-35-49(48-23-18-16-19-24-48)36-58(42-56)76-57-30-31-61-62-40-51(68(5,6)7)29-32-63(62)75(64(61)43-57)66-41-52(33-34-72-66)69(8,9)10;/h16-41,44-47H,1-15H3;/q-3;. The smallest absolute Gasteiger partial charge is 0.135 e. The average molecular weight is 1200 g/mol. The first-order valence-electron chi connectivity index (χ1n) is 27.2. The minimum Gasteiger partial charge on any atom is -0.509 e. The van der Waals surface area contributed by atoms with E-state index in [-0.39, 0.29) is 54.6 Å². The fourth-order valence-electron chi connectivity index (χ4n) is 10.7. The van der Waals surface area contributed by atoms with Gasteiger partial charge in [-0.2, -0.15) is 6.07 Å². The van der Waals surface area contributed by atoms with Gasteiger partial charge in [-0.3, -0.25) is 0 Å². The van der Waals surface area contributed by atoms with Crippen molar-refractivity contribution in [3.8, 4) is 28.4 Å². The Morgan fingerprint density at radius 3 is 1.78 bits per heavy atom. The second-order valence-corrected chi connectivity index (χ2v) is 25.2. The van der Waals surface area contributed by atoms with Gasteiger partial charge in [0.15, 0.2) is 0 Å². The molecule has 0 spiro atoms. The van der Waals surface area contributed by atoms with E-state index in [0.717, 1.165) is 55.8 Å². The largest absolute Gasteiger partial charge is 0.509 e. The summed E-state index contributed by atoms with van der Waals surface area (Å²) in [4.78, 5) is 9.66. The summed E-state index contributed by atoms with van der Waals surface area (Å²) in [6, 6.07) is 62.9. The number of pyridine rings is 1. The van der Waals surface area contributed by atoms with Gasteiger partial charge in [0.1, 0.15) is 5.82 Å². The Kier molecular flexibility index (Phi) is 15.0. The number of aromatic nitrogens is 2. The molecule has 1 aliphatic heterocycles. The first kappa shape index (κ1) is 55.1. The molecule has 0 N–H and O–H groups in total. The maximum absolute atomic E-state index is 7.10. The van der Waals surface area contributed by atoms with Crippen LogP contribution in [0.5, 0.6) is 11.5 Å². The average Bonchev–Trinajstić information content (AvgIpc) is 4.14. The summed E-state index contributed by atoms with van der Waals surface area (Å²) in [5, 5.41) is 2.25. The third-order valence-electron chi connectivity index (χ3n) is 15.5. The number of hydrogen-bond acceptors (Lipinski definition) is 4. The molecule has 0 radical (unpaired) electrons. The van der Waals surface area contributed by atoms with Crippen molar-refractivity contribution in [3.05, 3.63) is 227 Å². The molecule has 10 rings (SSSR count). The monoisotopic (exact) mass is 1190 g/mol. The molecule has 9 aromatic rings. The van der Waals surface area contributed by atoms with Gasteiger partial charge in [0.25, 0.3) is 0 Å². The van der Waals surface area contributed by atoms with E-state index in [2.05, 4.69) is 295 Å². The molecular formula is C71H75N4OPt-3. The Labute approximate surface area is 474 Å². The number of ether oxygens (including phenoxy) is 1. The second kappa shape index (κ2) is 20.9. The van der Waals surface area contributed by atoms with Gasteiger partial charge in [0.05, 0.1) is 0 Å². The van der Waals surface area contributed by atoms with Gasteiger partial charge in [0.2, 0.25) is 0 Å². The molecule has 7 aromatic carbocycles. The van der Waals surface area contributed by atoms with Crippen molar-refractivity contribution in [1.82, 2.24) is 9.55 Å². The summed E-state index contributed by atoms with van der Waals surface area (Å²) in [5.41, 5.74) is 16.9. The molecule has 0 saturated heterocycles. The van der Waals surface area contributed by atoms with Crippen LogP contribution in [0.3, 0.4) is 0 Å². The van der Waals surface area contributed by atoms with E-state index in [0.29, 0.717) is 11.5 Å². The van der Waals surface area contributed by atoms with Crippen LogP contribution >= 0.6 is 0 Å². The Morgan fingerprint density at radius 2 is 1.14 bits per heavy atom. The van der Waals surface area contributed by atoms with E-state index in [1.54, 1.807) is 0 Å². The van der Waals surface area contributed by atoms with Crippen molar-refractivity contribution in [1.29, 1.82) is 0 Å². The summed E-state index contributed by atoms with van der Waals surface area (Å²) in [7, 11) is 0. The zero-order valence-corrected chi connectivity index (χ0v) is 50.1. The summed E-state index contributed by atoms with van der Waals surface area (Å²) < 4.78 is 9.35. The first-order chi connectivity index (χ1) is 35.9. The van der Waals surface area contributed by atoms with Crippen LogP contribution in [0, 0.1) is 18.8 Å². The number of nitrogens with zero attached hydrogens (tertiary/aromatic N) is 4. The van der Waals surface area contributed by atoms with E-state index in [9.17, 15) is 0 Å². The van der Waals surface area contributed by atoms with Crippen LogP contribution in [0.2, 0.25) is 0 Å². The van der Waals surface area contributed by atoms with Crippen molar-refractivity contribution in [3.63, 3.8) is 0 Å².